The molecule has 1 rings (SSSR count). The average molecular weight is 276 g/mol. The lowest BCUT2D eigenvalue weighted by Crippen LogP contribution is -2.28. The third-order valence-corrected chi connectivity index (χ3v) is 4.31. The van der Waals surface area contributed by atoms with Gasteiger partial charge in [-0.3, -0.25) is 0 Å². The van der Waals surface area contributed by atoms with Crippen LogP contribution in [0.25, 0.3) is 0 Å². The van der Waals surface area contributed by atoms with Gasteiger partial charge in [-0.25, -0.2) is 0 Å². The van der Waals surface area contributed by atoms with Crippen molar-refractivity contribution >= 4 is 0 Å². The van der Waals surface area contributed by atoms with Crippen LogP contribution >= 0.6 is 0 Å². The molecule has 0 heterocycles. The van der Waals surface area contributed by atoms with Crippen LogP contribution in [-0.2, 0) is 11.3 Å². The minimum atomic E-state index is 0.0397. The number of hydrogen-bond acceptors (Lipinski definition) is 1. The molecule has 0 aliphatic carbocycles. The van der Waals surface area contributed by atoms with Crippen molar-refractivity contribution in [3.05, 3.63) is 35.9 Å². The molecular weight excluding hydrogens is 244 g/mol. The summed E-state index contributed by atoms with van der Waals surface area (Å²) in [5.41, 5.74) is 1.31. The molecule has 0 spiro atoms. The van der Waals surface area contributed by atoms with Crippen molar-refractivity contribution in [3.63, 3.8) is 0 Å². The van der Waals surface area contributed by atoms with Crippen LogP contribution in [0.15, 0.2) is 30.3 Å². The van der Waals surface area contributed by atoms with Crippen LogP contribution in [0.1, 0.15) is 71.8 Å². The van der Waals surface area contributed by atoms with E-state index < -0.39 is 0 Å². The fourth-order valence-electron chi connectivity index (χ4n) is 2.66. The predicted molar refractivity (Wildman–Crippen MR) is 87.9 cm³/mol. The van der Waals surface area contributed by atoms with E-state index in [1.54, 1.807) is 0 Å². The van der Waals surface area contributed by atoms with Crippen LogP contribution in [0.3, 0.4) is 0 Å². The standard InChI is InChI=1S/C19H32O/c1-5-14-19(4,15-10-11-17(3)6-2)20-16-18-12-8-7-9-13-18/h7-9,12-13,17H,5-6,10-11,14-16H2,1-4H3. The van der Waals surface area contributed by atoms with Gasteiger partial charge in [-0.05, 0) is 31.2 Å². The van der Waals surface area contributed by atoms with Gasteiger partial charge in [0, 0.05) is 0 Å². The second kappa shape index (κ2) is 9.18. The van der Waals surface area contributed by atoms with E-state index in [9.17, 15) is 0 Å². The first-order valence-corrected chi connectivity index (χ1v) is 8.27. The Morgan fingerprint density at radius 3 is 2.40 bits per heavy atom. The number of rotatable bonds is 10. The maximum absolute atomic E-state index is 6.27. The Balaban J connectivity index is 2.44. The van der Waals surface area contributed by atoms with Gasteiger partial charge in [0.05, 0.1) is 12.2 Å². The van der Waals surface area contributed by atoms with E-state index in [0.29, 0.717) is 0 Å². The number of hydrogen-bond donors (Lipinski definition) is 0. The van der Waals surface area contributed by atoms with Crippen molar-refractivity contribution in [3.8, 4) is 0 Å². The summed E-state index contributed by atoms with van der Waals surface area (Å²) in [7, 11) is 0. The molecule has 0 bridgehead atoms. The molecule has 1 aromatic carbocycles. The highest BCUT2D eigenvalue weighted by Crippen LogP contribution is 2.27. The fraction of sp³-hybridized carbons (Fsp3) is 0.684. The minimum Gasteiger partial charge on any atom is -0.371 e. The summed E-state index contributed by atoms with van der Waals surface area (Å²) in [5.74, 6) is 0.843. The Morgan fingerprint density at radius 2 is 1.80 bits per heavy atom. The van der Waals surface area contributed by atoms with Crippen LogP contribution in [0.4, 0.5) is 0 Å². The topological polar surface area (TPSA) is 9.23 Å². The van der Waals surface area contributed by atoms with Gasteiger partial charge in [0.1, 0.15) is 0 Å². The van der Waals surface area contributed by atoms with E-state index in [1.807, 2.05) is 0 Å². The smallest absolute Gasteiger partial charge is 0.0724 e. The molecular formula is C19H32O. The Morgan fingerprint density at radius 1 is 1.10 bits per heavy atom. The first kappa shape index (κ1) is 17.2. The molecule has 1 nitrogen and oxygen atoms in total. The lowest BCUT2D eigenvalue weighted by atomic mass is 9.91. The summed E-state index contributed by atoms with van der Waals surface area (Å²) in [6, 6.07) is 10.5. The van der Waals surface area contributed by atoms with Crippen molar-refractivity contribution in [2.75, 3.05) is 0 Å². The highest BCUT2D eigenvalue weighted by molar-refractivity contribution is 5.13. The van der Waals surface area contributed by atoms with Gasteiger partial charge < -0.3 is 4.74 Å². The first-order valence-electron chi connectivity index (χ1n) is 8.27. The van der Waals surface area contributed by atoms with Gasteiger partial charge in [-0.15, -0.1) is 0 Å². The molecule has 0 saturated heterocycles. The number of ether oxygens (including phenoxy) is 1. The van der Waals surface area contributed by atoms with Crippen LogP contribution in [0.2, 0.25) is 0 Å². The lowest BCUT2D eigenvalue weighted by molar-refractivity contribution is -0.0569. The Kier molecular flexibility index (Phi) is 7.91. The maximum Gasteiger partial charge on any atom is 0.0724 e. The monoisotopic (exact) mass is 276 g/mol. The summed E-state index contributed by atoms with van der Waals surface area (Å²) in [6.07, 6.45) is 7.41. The average Bonchev–Trinajstić information content (AvgIpc) is 2.46. The maximum atomic E-state index is 6.27. The van der Waals surface area contributed by atoms with Gasteiger partial charge >= 0.3 is 0 Å². The Hall–Kier alpha value is -0.820. The summed E-state index contributed by atoms with van der Waals surface area (Å²) in [4.78, 5) is 0. The normalized spacial score (nSPS) is 15.8. The van der Waals surface area contributed by atoms with Crippen LogP contribution in [0, 0.1) is 5.92 Å². The molecule has 0 aliphatic rings. The Bertz CT molecular complexity index is 346. The lowest BCUT2D eigenvalue weighted by Gasteiger charge is -2.30. The second-order valence-corrected chi connectivity index (χ2v) is 6.38. The summed E-state index contributed by atoms with van der Waals surface area (Å²) < 4.78 is 6.27. The van der Waals surface area contributed by atoms with Crippen LogP contribution in [-0.4, -0.2) is 5.60 Å². The third kappa shape index (κ3) is 6.56. The number of benzene rings is 1. The molecule has 1 aromatic rings. The van der Waals surface area contributed by atoms with E-state index in [-0.39, 0.29) is 5.60 Å². The zero-order valence-corrected chi connectivity index (χ0v) is 13.8. The highest BCUT2D eigenvalue weighted by atomic mass is 16.5. The van der Waals surface area contributed by atoms with Gasteiger partial charge in [0.2, 0.25) is 0 Å². The van der Waals surface area contributed by atoms with Gasteiger partial charge in [-0.1, -0.05) is 76.8 Å². The zero-order chi connectivity index (χ0) is 14.8. The van der Waals surface area contributed by atoms with E-state index in [2.05, 4.69) is 58.0 Å². The van der Waals surface area contributed by atoms with Crippen molar-refractivity contribution in [1.29, 1.82) is 0 Å². The Labute approximate surface area is 125 Å². The summed E-state index contributed by atoms with van der Waals surface area (Å²) >= 11 is 0. The van der Waals surface area contributed by atoms with Gasteiger partial charge in [0.25, 0.3) is 0 Å². The quantitative estimate of drug-likeness (QED) is 0.511. The molecule has 20 heavy (non-hydrogen) atoms. The molecule has 0 aliphatic heterocycles. The molecule has 0 fully saturated rings. The van der Waals surface area contributed by atoms with Crippen molar-refractivity contribution in [2.24, 2.45) is 5.92 Å². The molecule has 0 aromatic heterocycles. The predicted octanol–water partition coefficient (Wildman–Crippen LogP) is 5.98. The minimum absolute atomic E-state index is 0.0397. The molecule has 114 valence electrons. The van der Waals surface area contributed by atoms with Crippen LogP contribution < -0.4 is 0 Å². The first-order chi connectivity index (χ1) is 9.59. The third-order valence-electron chi connectivity index (χ3n) is 4.31. The summed E-state index contributed by atoms with van der Waals surface area (Å²) in [5, 5.41) is 0. The van der Waals surface area contributed by atoms with Crippen molar-refractivity contribution in [1.82, 2.24) is 0 Å². The molecule has 0 saturated carbocycles. The SMILES string of the molecule is CCCC(C)(CCCC(C)CC)OCc1ccccc1. The van der Waals surface area contributed by atoms with Gasteiger partial charge in [-0.2, -0.15) is 0 Å². The molecule has 1 heteroatoms. The molecule has 0 radical (unpaired) electrons. The second-order valence-electron chi connectivity index (χ2n) is 6.38. The van der Waals surface area contributed by atoms with Crippen LogP contribution in [0.5, 0.6) is 0 Å². The largest absolute Gasteiger partial charge is 0.371 e. The van der Waals surface area contributed by atoms with E-state index in [0.717, 1.165) is 18.9 Å². The van der Waals surface area contributed by atoms with E-state index >= 15 is 0 Å². The fourth-order valence-corrected chi connectivity index (χ4v) is 2.66. The van der Waals surface area contributed by atoms with Crippen molar-refractivity contribution < 1.29 is 4.74 Å². The molecule has 2 unspecified atom stereocenters. The van der Waals surface area contributed by atoms with E-state index in [1.165, 1.54) is 37.7 Å². The van der Waals surface area contributed by atoms with E-state index in [4.69, 9.17) is 4.74 Å². The molecule has 2 atom stereocenters. The zero-order valence-electron chi connectivity index (χ0n) is 13.8. The van der Waals surface area contributed by atoms with Gasteiger partial charge in [0.15, 0.2) is 0 Å². The van der Waals surface area contributed by atoms with Crippen molar-refractivity contribution in [2.45, 2.75) is 78.4 Å². The summed E-state index contributed by atoms with van der Waals surface area (Å²) in [6.45, 7) is 9.90. The molecule has 0 amide bonds. The highest BCUT2D eigenvalue weighted by Gasteiger charge is 2.23. The molecule has 0 N–H and O–H groups in total.